The lowest BCUT2D eigenvalue weighted by Gasteiger charge is -2.48. The Morgan fingerprint density at radius 2 is 2.07 bits per heavy atom. The number of hydrogen-bond acceptors (Lipinski definition) is 1. The second-order valence-electron chi connectivity index (χ2n) is 4.40. The van der Waals surface area contributed by atoms with Gasteiger partial charge in [-0.25, -0.2) is 8.78 Å². The zero-order chi connectivity index (χ0) is 11.1. The predicted octanol–water partition coefficient (Wildman–Crippen LogP) is 3.03. The van der Waals surface area contributed by atoms with Crippen LogP contribution in [0.25, 0.3) is 0 Å². The molecule has 2 rings (SSSR count). The van der Waals surface area contributed by atoms with E-state index in [2.05, 4.69) is 6.92 Å². The first kappa shape index (κ1) is 10.7. The Hall–Kier alpha value is -0.830. The molecule has 1 heterocycles. The monoisotopic (exact) mass is 231 g/mol. The standard InChI is InChI=1S/C11H12ClF2N/c1-11(5-12)6-15(7-11)10-3-2-8(13)4-9(10)14/h2-4H,5-7H2,1H3. The van der Waals surface area contributed by atoms with E-state index >= 15 is 0 Å². The molecule has 1 fully saturated rings. The number of anilines is 1. The van der Waals surface area contributed by atoms with E-state index in [-0.39, 0.29) is 5.41 Å². The molecule has 0 unspecified atom stereocenters. The van der Waals surface area contributed by atoms with Crippen LogP contribution in [0.5, 0.6) is 0 Å². The summed E-state index contributed by atoms with van der Waals surface area (Å²) in [5.74, 6) is -0.490. The highest BCUT2D eigenvalue weighted by atomic mass is 35.5. The second-order valence-corrected chi connectivity index (χ2v) is 4.66. The first-order valence-electron chi connectivity index (χ1n) is 4.80. The van der Waals surface area contributed by atoms with E-state index in [0.717, 1.165) is 19.2 Å². The van der Waals surface area contributed by atoms with Crippen LogP contribution >= 0.6 is 11.6 Å². The van der Waals surface area contributed by atoms with Gasteiger partial charge >= 0.3 is 0 Å². The zero-order valence-corrected chi connectivity index (χ0v) is 9.19. The van der Waals surface area contributed by atoms with Gasteiger partial charge in [0.2, 0.25) is 0 Å². The van der Waals surface area contributed by atoms with Gasteiger partial charge in [-0.3, -0.25) is 0 Å². The van der Waals surface area contributed by atoms with Crippen molar-refractivity contribution in [3.63, 3.8) is 0 Å². The lowest BCUT2D eigenvalue weighted by Crippen LogP contribution is -2.56. The highest BCUT2D eigenvalue weighted by Gasteiger charge is 2.38. The maximum Gasteiger partial charge on any atom is 0.149 e. The minimum Gasteiger partial charge on any atom is -0.368 e. The fourth-order valence-electron chi connectivity index (χ4n) is 1.87. The minimum absolute atomic E-state index is 0.0579. The van der Waals surface area contributed by atoms with Crippen molar-refractivity contribution in [1.29, 1.82) is 0 Å². The predicted molar refractivity (Wildman–Crippen MR) is 57.4 cm³/mol. The average Bonchev–Trinajstić information content (AvgIpc) is 2.14. The van der Waals surface area contributed by atoms with Crippen molar-refractivity contribution >= 4 is 17.3 Å². The summed E-state index contributed by atoms with van der Waals surface area (Å²) in [4.78, 5) is 1.87. The van der Waals surface area contributed by atoms with Gasteiger partial charge in [-0.15, -0.1) is 11.6 Å². The van der Waals surface area contributed by atoms with Gasteiger partial charge in [0.05, 0.1) is 5.69 Å². The van der Waals surface area contributed by atoms with Crippen LogP contribution in [-0.4, -0.2) is 19.0 Å². The quantitative estimate of drug-likeness (QED) is 0.708. The molecule has 1 aliphatic heterocycles. The first-order valence-corrected chi connectivity index (χ1v) is 5.33. The maximum absolute atomic E-state index is 13.4. The summed E-state index contributed by atoms with van der Waals surface area (Å²) in [5, 5.41) is 0. The molecule has 1 saturated heterocycles. The summed E-state index contributed by atoms with van der Waals surface area (Å²) >= 11 is 5.78. The molecule has 0 N–H and O–H groups in total. The Kier molecular flexibility index (Phi) is 2.59. The fourth-order valence-corrected chi connectivity index (χ4v) is 2.04. The third-order valence-corrected chi connectivity index (χ3v) is 3.36. The van der Waals surface area contributed by atoms with Crippen LogP contribution in [0.2, 0.25) is 0 Å². The molecule has 0 amide bonds. The first-order chi connectivity index (χ1) is 7.04. The van der Waals surface area contributed by atoms with Crippen LogP contribution in [0.1, 0.15) is 6.92 Å². The molecular formula is C11H12ClF2N. The summed E-state index contributed by atoms with van der Waals surface area (Å²) in [6.45, 7) is 3.50. The zero-order valence-electron chi connectivity index (χ0n) is 8.43. The molecule has 82 valence electrons. The molecule has 0 aliphatic carbocycles. The van der Waals surface area contributed by atoms with Crippen LogP contribution in [0.4, 0.5) is 14.5 Å². The van der Waals surface area contributed by atoms with E-state index in [9.17, 15) is 8.78 Å². The fraction of sp³-hybridized carbons (Fsp3) is 0.455. The molecular weight excluding hydrogens is 220 g/mol. The van der Waals surface area contributed by atoms with Crippen molar-refractivity contribution in [3.05, 3.63) is 29.8 Å². The van der Waals surface area contributed by atoms with Gasteiger partial charge in [0.1, 0.15) is 11.6 Å². The second kappa shape index (κ2) is 3.63. The van der Waals surface area contributed by atoms with E-state index in [1.807, 2.05) is 4.90 Å². The van der Waals surface area contributed by atoms with Crippen LogP contribution in [0.15, 0.2) is 18.2 Å². The number of nitrogens with zero attached hydrogens (tertiary/aromatic N) is 1. The normalized spacial score (nSPS) is 18.8. The molecule has 4 heteroatoms. The Balaban J connectivity index is 2.13. The van der Waals surface area contributed by atoms with Gasteiger partial charge in [0.25, 0.3) is 0 Å². The molecule has 0 saturated carbocycles. The molecule has 1 aromatic rings. The number of benzene rings is 1. The third kappa shape index (κ3) is 1.93. The van der Waals surface area contributed by atoms with Crippen molar-refractivity contribution in [3.8, 4) is 0 Å². The van der Waals surface area contributed by atoms with Gasteiger partial charge < -0.3 is 4.90 Å². The Labute approximate surface area is 92.6 Å². The van der Waals surface area contributed by atoms with Gasteiger partial charge in [0, 0.05) is 30.5 Å². The smallest absolute Gasteiger partial charge is 0.149 e. The summed E-state index contributed by atoms with van der Waals surface area (Å²) in [6.07, 6.45) is 0. The Morgan fingerprint density at radius 1 is 1.40 bits per heavy atom. The number of rotatable bonds is 2. The molecule has 15 heavy (non-hydrogen) atoms. The van der Waals surface area contributed by atoms with E-state index in [1.54, 1.807) is 0 Å². The highest BCUT2D eigenvalue weighted by Crippen LogP contribution is 2.36. The third-order valence-electron chi connectivity index (χ3n) is 2.72. The molecule has 0 spiro atoms. The van der Waals surface area contributed by atoms with Crippen molar-refractivity contribution < 1.29 is 8.78 Å². The molecule has 0 bridgehead atoms. The molecule has 1 nitrogen and oxygen atoms in total. The number of halogens is 3. The maximum atomic E-state index is 13.4. The van der Waals surface area contributed by atoms with Gasteiger partial charge in [-0.05, 0) is 12.1 Å². The summed E-state index contributed by atoms with van der Waals surface area (Å²) < 4.78 is 26.0. The molecule has 1 aromatic carbocycles. The topological polar surface area (TPSA) is 3.24 Å². The molecule has 0 aromatic heterocycles. The van der Waals surface area contributed by atoms with Crippen molar-refractivity contribution in [1.82, 2.24) is 0 Å². The van der Waals surface area contributed by atoms with E-state index in [0.29, 0.717) is 11.6 Å². The van der Waals surface area contributed by atoms with E-state index in [4.69, 9.17) is 11.6 Å². The van der Waals surface area contributed by atoms with Crippen LogP contribution in [0, 0.1) is 17.0 Å². The number of hydrogen-bond donors (Lipinski definition) is 0. The Bertz CT molecular complexity index is 375. The summed E-state index contributed by atoms with van der Waals surface area (Å²) in [5.41, 5.74) is 0.515. The van der Waals surface area contributed by atoms with Gasteiger partial charge in [-0.1, -0.05) is 6.92 Å². The molecule has 0 radical (unpaired) electrons. The SMILES string of the molecule is CC1(CCl)CN(c2ccc(F)cc2F)C1. The van der Waals surface area contributed by atoms with Crippen molar-refractivity contribution in [2.24, 2.45) is 5.41 Å². The summed E-state index contributed by atoms with van der Waals surface area (Å²) in [6, 6.07) is 3.65. The van der Waals surface area contributed by atoms with Crippen molar-refractivity contribution in [2.75, 3.05) is 23.9 Å². The van der Waals surface area contributed by atoms with Crippen LogP contribution < -0.4 is 4.90 Å². The lowest BCUT2D eigenvalue weighted by molar-refractivity contribution is 0.279. The van der Waals surface area contributed by atoms with Crippen LogP contribution in [0.3, 0.4) is 0 Å². The summed E-state index contributed by atoms with van der Waals surface area (Å²) in [7, 11) is 0. The van der Waals surface area contributed by atoms with E-state index in [1.165, 1.54) is 12.1 Å². The van der Waals surface area contributed by atoms with Gasteiger partial charge in [0.15, 0.2) is 0 Å². The highest BCUT2D eigenvalue weighted by molar-refractivity contribution is 6.18. The molecule has 1 aliphatic rings. The van der Waals surface area contributed by atoms with Crippen LogP contribution in [-0.2, 0) is 0 Å². The lowest BCUT2D eigenvalue weighted by atomic mass is 9.83. The average molecular weight is 232 g/mol. The minimum atomic E-state index is -0.545. The largest absolute Gasteiger partial charge is 0.368 e. The number of alkyl halides is 1. The molecule has 0 atom stereocenters. The van der Waals surface area contributed by atoms with Crippen molar-refractivity contribution in [2.45, 2.75) is 6.92 Å². The van der Waals surface area contributed by atoms with Gasteiger partial charge in [-0.2, -0.15) is 0 Å². The van der Waals surface area contributed by atoms with E-state index < -0.39 is 11.6 Å². The Morgan fingerprint density at radius 3 is 2.60 bits per heavy atom.